The van der Waals surface area contributed by atoms with Crippen molar-refractivity contribution in [1.29, 1.82) is 0 Å². The molecule has 3 heterocycles. The molecule has 0 atom stereocenters. The van der Waals surface area contributed by atoms with Gasteiger partial charge in [0.25, 0.3) is 5.56 Å². The minimum Gasteiger partial charge on any atom is -0.340 e. The van der Waals surface area contributed by atoms with E-state index >= 15 is 0 Å². The molecule has 0 unspecified atom stereocenters. The summed E-state index contributed by atoms with van der Waals surface area (Å²) in [5.41, 5.74) is 1.40. The van der Waals surface area contributed by atoms with Crippen molar-refractivity contribution in [2.45, 2.75) is 19.3 Å². The Bertz CT molecular complexity index is 727. The molecular weight excluding hydrogens is 272 g/mol. The van der Waals surface area contributed by atoms with Crippen molar-refractivity contribution in [1.82, 2.24) is 14.9 Å². The van der Waals surface area contributed by atoms with Crippen LogP contribution in [0, 0.1) is 0 Å². The molecule has 2 aliphatic rings. The molecule has 6 heteroatoms. The van der Waals surface area contributed by atoms with Crippen LogP contribution in [0.2, 0.25) is 0 Å². The van der Waals surface area contributed by atoms with Crippen molar-refractivity contribution in [2.75, 3.05) is 31.1 Å². The maximum atomic E-state index is 12.7. The molecule has 106 valence electrons. The number of piperazine rings is 1. The monoisotopic (exact) mass is 290 g/mol. The molecular formula is C14H18N4OS. The first-order valence-corrected chi connectivity index (χ1v) is 8.04. The number of aromatic nitrogens is 2. The van der Waals surface area contributed by atoms with Gasteiger partial charge in [-0.15, -0.1) is 11.3 Å². The molecule has 4 rings (SSSR count). The Kier molecular flexibility index (Phi) is 2.82. The lowest BCUT2D eigenvalue weighted by atomic mass is 10.2. The normalized spacial score (nSPS) is 18.8. The van der Waals surface area contributed by atoms with Crippen LogP contribution in [0.3, 0.4) is 0 Å². The van der Waals surface area contributed by atoms with Crippen molar-refractivity contribution in [3.8, 4) is 0 Å². The van der Waals surface area contributed by atoms with Gasteiger partial charge in [-0.1, -0.05) is 0 Å². The van der Waals surface area contributed by atoms with Crippen molar-refractivity contribution in [3.05, 3.63) is 20.8 Å². The van der Waals surface area contributed by atoms with Gasteiger partial charge in [0.15, 0.2) is 0 Å². The highest BCUT2D eigenvalue weighted by Gasteiger charge is 2.24. The number of hydrogen-bond acceptors (Lipinski definition) is 5. The highest BCUT2D eigenvalue weighted by atomic mass is 32.1. The first kappa shape index (κ1) is 12.3. The Morgan fingerprint density at radius 1 is 1.25 bits per heavy atom. The summed E-state index contributed by atoms with van der Waals surface area (Å²) in [7, 11) is 1.85. The third kappa shape index (κ3) is 1.71. The van der Waals surface area contributed by atoms with E-state index in [1.807, 2.05) is 7.05 Å². The van der Waals surface area contributed by atoms with Crippen LogP contribution in [-0.4, -0.2) is 35.7 Å². The largest absolute Gasteiger partial charge is 0.340 e. The SMILES string of the molecule is Cn1c(N2CCNCC2)nc2sc3c(c2c1=O)CCC3. The number of fused-ring (bicyclic) bond motifs is 3. The Morgan fingerprint density at radius 2 is 2.05 bits per heavy atom. The molecule has 0 spiro atoms. The van der Waals surface area contributed by atoms with E-state index in [9.17, 15) is 4.79 Å². The number of aryl methyl sites for hydroxylation is 2. The van der Waals surface area contributed by atoms with Crippen LogP contribution in [0.1, 0.15) is 16.9 Å². The molecule has 20 heavy (non-hydrogen) atoms. The Morgan fingerprint density at radius 3 is 2.85 bits per heavy atom. The first-order valence-electron chi connectivity index (χ1n) is 7.22. The molecule has 1 fully saturated rings. The van der Waals surface area contributed by atoms with Gasteiger partial charge in [0.05, 0.1) is 5.39 Å². The predicted octanol–water partition coefficient (Wildman–Crippen LogP) is 0.893. The summed E-state index contributed by atoms with van der Waals surface area (Å²) in [5, 5.41) is 4.21. The van der Waals surface area contributed by atoms with Crippen molar-refractivity contribution < 1.29 is 0 Å². The van der Waals surface area contributed by atoms with Gasteiger partial charge < -0.3 is 10.2 Å². The van der Waals surface area contributed by atoms with Gasteiger partial charge in [0.1, 0.15) is 4.83 Å². The fourth-order valence-electron chi connectivity index (χ4n) is 3.26. The zero-order valence-electron chi connectivity index (χ0n) is 11.6. The first-order chi connectivity index (χ1) is 9.75. The summed E-state index contributed by atoms with van der Waals surface area (Å²) < 4.78 is 1.74. The van der Waals surface area contributed by atoms with E-state index in [4.69, 9.17) is 4.98 Å². The zero-order chi connectivity index (χ0) is 13.7. The van der Waals surface area contributed by atoms with Gasteiger partial charge in [0, 0.05) is 38.1 Å². The molecule has 2 aromatic rings. The Labute approximate surface area is 121 Å². The molecule has 1 N–H and O–H groups in total. The van der Waals surface area contributed by atoms with Gasteiger partial charge >= 0.3 is 0 Å². The van der Waals surface area contributed by atoms with Crippen molar-refractivity contribution in [2.24, 2.45) is 7.05 Å². The fourth-order valence-corrected chi connectivity index (χ4v) is 4.51. The summed E-state index contributed by atoms with van der Waals surface area (Å²) in [4.78, 5) is 22.0. The van der Waals surface area contributed by atoms with E-state index in [0.29, 0.717) is 0 Å². The third-order valence-electron chi connectivity index (χ3n) is 4.32. The second-order valence-electron chi connectivity index (χ2n) is 5.55. The molecule has 2 aromatic heterocycles. The van der Waals surface area contributed by atoms with E-state index in [0.717, 1.165) is 55.2 Å². The zero-order valence-corrected chi connectivity index (χ0v) is 12.4. The minimum atomic E-state index is 0.128. The van der Waals surface area contributed by atoms with E-state index < -0.39 is 0 Å². The van der Waals surface area contributed by atoms with Crippen LogP contribution in [-0.2, 0) is 19.9 Å². The van der Waals surface area contributed by atoms with Gasteiger partial charge in [-0.05, 0) is 24.8 Å². The number of hydrogen-bond donors (Lipinski definition) is 1. The maximum Gasteiger partial charge on any atom is 0.263 e. The summed E-state index contributed by atoms with van der Waals surface area (Å²) in [6, 6.07) is 0. The average molecular weight is 290 g/mol. The number of nitrogens with zero attached hydrogens (tertiary/aromatic N) is 3. The van der Waals surface area contributed by atoms with Crippen molar-refractivity contribution >= 4 is 27.5 Å². The smallest absolute Gasteiger partial charge is 0.263 e. The Balaban J connectivity index is 1.91. The molecule has 1 saturated heterocycles. The molecule has 0 bridgehead atoms. The molecule has 0 radical (unpaired) electrons. The predicted molar refractivity (Wildman–Crippen MR) is 82.0 cm³/mol. The van der Waals surface area contributed by atoms with Gasteiger partial charge in [-0.3, -0.25) is 9.36 Å². The van der Waals surface area contributed by atoms with E-state index in [2.05, 4.69) is 10.2 Å². The van der Waals surface area contributed by atoms with E-state index in [-0.39, 0.29) is 5.56 Å². The van der Waals surface area contributed by atoms with E-state index in [1.54, 1.807) is 15.9 Å². The maximum absolute atomic E-state index is 12.7. The molecule has 0 amide bonds. The number of nitrogens with one attached hydrogen (secondary N) is 1. The Hall–Kier alpha value is -1.40. The molecule has 0 saturated carbocycles. The molecule has 1 aliphatic heterocycles. The molecule has 0 aromatic carbocycles. The lowest BCUT2D eigenvalue weighted by Crippen LogP contribution is -2.45. The fraction of sp³-hybridized carbons (Fsp3) is 0.571. The lowest BCUT2D eigenvalue weighted by molar-refractivity contribution is 0.570. The van der Waals surface area contributed by atoms with Crippen LogP contribution in [0.4, 0.5) is 5.95 Å². The average Bonchev–Trinajstić information content (AvgIpc) is 3.04. The van der Waals surface area contributed by atoms with Crippen LogP contribution in [0.5, 0.6) is 0 Å². The van der Waals surface area contributed by atoms with E-state index in [1.165, 1.54) is 16.9 Å². The van der Waals surface area contributed by atoms with Gasteiger partial charge in [-0.2, -0.15) is 0 Å². The summed E-state index contributed by atoms with van der Waals surface area (Å²) in [6.45, 7) is 3.73. The van der Waals surface area contributed by atoms with Crippen LogP contribution in [0.15, 0.2) is 4.79 Å². The van der Waals surface area contributed by atoms with Crippen LogP contribution >= 0.6 is 11.3 Å². The minimum absolute atomic E-state index is 0.128. The van der Waals surface area contributed by atoms with Crippen molar-refractivity contribution in [3.63, 3.8) is 0 Å². The quantitative estimate of drug-likeness (QED) is 0.847. The van der Waals surface area contributed by atoms with Gasteiger partial charge in [0.2, 0.25) is 5.95 Å². The van der Waals surface area contributed by atoms with Crippen LogP contribution in [0.25, 0.3) is 10.2 Å². The highest BCUT2D eigenvalue weighted by molar-refractivity contribution is 7.18. The van der Waals surface area contributed by atoms with Gasteiger partial charge in [-0.25, -0.2) is 4.98 Å². The number of rotatable bonds is 1. The topological polar surface area (TPSA) is 50.2 Å². The van der Waals surface area contributed by atoms with Crippen LogP contribution < -0.4 is 15.8 Å². The molecule has 5 nitrogen and oxygen atoms in total. The summed E-state index contributed by atoms with van der Waals surface area (Å²) in [6.07, 6.45) is 3.33. The standard InChI is InChI=1S/C14H18N4OS/c1-17-13(19)11-9-3-2-4-10(9)20-12(11)16-14(17)18-7-5-15-6-8-18/h15H,2-8H2,1H3. The summed E-state index contributed by atoms with van der Waals surface area (Å²) >= 11 is 1.72. The second-order valence-corrected chi connectivity index (χ2v) is 6.63. The summed E-state index contributed by atoms with van der Waals surface area (Å²) in [5.74, 6) is 0.823. The second kappa shape index (κ2) is 4.56. The lowest BCUT2D eigenvalue weighted by Gasteiger charge is -2.29. The number of thiophene rings is 1. The third-order valence-corrected chi connectivity index (χ3v) is 5.51. The molecule has 1 aliphatic carbocycles. The highest BCUT2D eigenvalue weighted by Crippen LogP contribution is 2.35. The number of anilines is 1.